The van der Waals surface area contributed by atoms with Gasteiger partial charge in [-0.05, 0) is 13.3 Å². The second-order valence-corrected chi connectivity index (χ2v) is 5.48. The van der Waals surface area contributed by atoms with E-state index in [-0.39, 0.29) is 11.5 Å². The lowest BCUT2D eigenvalue weighted by Gasteiger charge is -2.48. The van der Waals surface area contributed by atoms with Crippen molar-refractivity contribution in [3.63, 3.8) is 0 Å². The summed E-state index contributed by atoms with van der Waals surface area (Å²) in [6.07, 6.45) is 2.04. The van der Waals surface area contributed by atoms with Crippen molar-refractivity contribution in [3.8, 4) is 0 Å². The first-order valence-electron chi connectivity index (χ1n) is 4.68. The van der Waals surface area contributed by atoms with E-state index in [9.17, 15) is 4.57 Å². The summed E-state index contributed by atoms with van der Waals surface area (Å²) in [5.41, 5.74) is -0.0685. The standard InChI is InChI=1S/C8H15O4P/c1-3-4-8-5-10-13(9,11-6-8)12-7(8)2/h7H,3-6H2,1-2H3. The van der Waals surface area contributed by atoms with Crippen molar-refractivity contribution in [1.29, 1.82) is 0 Å². The molecule has 0 spiro atoms. The molecule has 3 fully saturated rings. The summed E-state index contributed by atoms with van der Waals surface area (Å²) in [7, 11) is -3.15. The van der Waals surface area contributed by atoms with Gasteiger partial charge in [-0.15, -0.1) is 0 Å². The molecule has 0 saturated carbocycles. The third kappa shape index (κ3) is 1.46. The van der Waals surface area contributed by atoms with Gasteiger partial charge in [-0.3, -0.25) is 13.6 Å². The average molecular weight is 206 g/mol. The Bertz CT molecular complexity index is 241. The molecule has 0 amide bonds. The van der Waals surface area contributed by atoms with Gasteiger partial charge >= 0.3 is 7.82 Å². The Kier molecular flexibility index (Phi) is 2.27. The predicted octanol–water partition coefficient (Wildman–Crippen LogP) is 2.35. The Hall–Kier alpha value is 0.110. The number of phosphoric ester groups is 1. The van der Waals surface area contributed by atoms with Crippen LogP contribution in [0.2, 0.25) is 0 Å². The molecule has 13 heavy (non-hydrogen) atoms. The van der Waals surface area contributed by atoms with Gasteiger partial charge in [-0.2, -0.15) is 0 Å². The van der Waals surface area contributed by atoms with Gasteiger partial charge in [0.25, 0.3) is 0 Å². The fourth-order valence-corrected chi connectivity index (χ4v) is 3.58. The van der Waals surface area contributed by atoms with E-state index in [0.29, 0.717) is 13.2 Å². The molecule has 0 aromatic heterocycles. The fourth-order valence-electron chi connectivity index (χ4n) is 1.94. The van der Waals surface area contributed by atoms with Gasteiger partial charge in [0.15, 0.2) is 0 Å². The summed E-state index contributed by atoms with van der Waals surface area (Å²) in [6, 6.07) is 0. The number of phosphoric acid groups is 1. The zero-order valence-corrected chi connectivity index (χ0v) is 8.88. The highest BCUT2D eigenvalue weighted by atomic mass is 31.2. The van der Waals surface area contributed by atoms with Crippen LogP contribution in [0.4, 0.5) is 0 Å². The van der Waals surface area contributed by atoms with E-state index >= 15 is 0 Å². The van der Waals surface area contributed by atoms with E-state index < -0.39 is 7.82 Å². The van der Waals surface area contributed by atoms with Crippen LogP contribution in [0.15, 0.2) is 0 Å². The lowest BCUT2D eigenvalue weighted by molar-refractivity contribution is -0.136. The molecule has 1 atom stereocenters. The summed E-state index contributed by atoms with van der Waals surface area (Å²) >= 11 is 0. The van der Waals surface area contributed by atoms with Crippen molar-refractivity contribution >= 4 is 7.82 Å². The highest BCUT2D eigenvalue weighted by molar-refractivity contribution is 7.48. The van der Waals surface area contributed by atoms with Crippen LogP contribution in [0.25, 0.3) is 0 Å². The minimum atomic E-state index is -3.15. The van der Waals surface area contributed by atoms with Gasteiger partial charge < -0.3 is 0 Å². The summed E-state index contributed by atoms with van der Waals surface area (Å²) in [5.74, 6) is 0. The Morgan fingerprint density at radius 2 is 2.08 bits per heavy atom. The Labute approximate surface area is 78.2 Å². The quantitative estimate of drug-likeness (QED) is 0.650. The molecule has 0 aromatic rings. The molecule has 3 heterocycles. The number of rotatable bonds is 2. The van der Waals surface area contributed by atoms with E-state index in [4.69, 9.17) is 13.6 Å². The molecule has 76 valence electrons. The van der Waals surface area contributed by atoms with Crippen molar-refractivity contribution < 1.29 is 18.1 Å². The molecule has 0 aromatic carbocycles. The highest BCUT2D eigenvalue weighted by Crippen LogP contribution is 2.63. The van der Waals surface area contributed by atoms with Crippen LogP contribution in [0, 0.1) is 5.41 Å². The normalized spacial score (nSPS) is 49.5. The Balaban J connectivity index is 2.18. The molecule has 2 bridgehead atoms. The maximum Gasteiger partial charge on any atom is 0.475 e. The van der Waals surface area contributed by atoms with Gasteiger partial charge in [0.1, 0.15) is 0 Å². The maximum atomic E-state index is 11.5. The van der Waals surface area contributed by atoms with E-state index in [0.717, 1.165) is 12.8 Å². The van der Waals surface area contributed by atoms with Crippen LogP contribution in [0.1, 0.15) is 26.7 Å². The molecule has 3 aliphatic heterocycles. The number of hydrogen-bond acceptors (Lipinski definition) is 4. The van der Waals surface area contributed by atoms with Crippen LogP contribution in [0.5, 0.6) is 0 Å². The molecule has 5 heteroatoms. The van der Waals surface area contributed by atoms with Crippen LogP contribution < -0.4 is 0 Å². The third-order valence-electron chi connectivity index (χ3n) is 2.92. The molecule has 0 radical (unpaired) electrons. The molecular weight excluding hydrogens is 191 g/mol. The van der Waals surface area contributed by atoms with E-state index in [1.54, 1.807) is 0 Å². The van der Waals surface area contributed by atoms with E-state index in [1.165, 1.54) is 0 Å². The van der Waals surface area contributed by atoms with Gasteiger partial charge in [0, 0.05) is 5.41 Å². The van der Waals surface area contributed by atoms with Crippen LogP contribution in [-0.4, -0.2) is 19.3 Å². The minimum Gasteiger partial charge on any atom is -0.286 e. The fraction of sp³-hybridized carbons (Fsp3) is 1.00. The second kappa shape index (κ2) is 3.06. The molecule has 4 nitrogen and oxygen atoms in total. The van der Waals surface area contributed by atoms with E-state index in [1.807, 2.05) is 6.92 Å². The zero-order valence-electron chi connectivity index (χ0n) is 7.99. The summed E-state index contributed by atoms with van der Waals surface area (Å²) in [5, 5.41) is 0. The van der Waals surface area contributed by atoms with Crippen LogP contribution in [0.3, 0.4) is 0 Å². The summed E-state index contributed by atoms with van der Waals surface area (Å²) in [4.78, 5) is 0. The Morgan fingerprint density at radius 3 is 2.54 bits per heavy atom. The smallest absolute Gasteiger partial charge is 0.286 e. The maximum absolute atomic E-state index is 11.5. The first-order valence-corrected chi connectivity index (χ1v) is 6.14. The Morgan fingerprint density at radius 1 is 1.46 bits per heavy atom. The molecule has 3 saturated heterocycles. The molecule has 3 aliphatic rings. The van der Waals surface area contributed by atoms with Crippen molar-refractivity contribution in [2.24, 2.45) is 5.41 Å². The molecule has 0 aliphatic carbocycles. The monoisotopic (exact) mass is 206 g/mol. The third-order valence-corrected chi connectivity index (χ3v) is 4.38. The van der Waals surface area contributed by atoms with Gasteiger partial charge in [0.2, 0.25) is 0 Å². The van der Waals surface area contributed by atoms with Gasteiger partial charge in [-0.1, -0.05) is 13.3 Å². The number of fused-ring (bicyclic) bond motifs is 3. The van der Waals surface area contributed by atoms with Crippen molar-refractivity contribution in [2.45, 2.75) is 32.8 Å². The largest absolute Gasteiger partial charge is 0.475 e. The SMILES string of the molecule is CCCC12COP(=O)(OC1)OC2C. The van der Waals surface area contributed by atoms with Crippen molar-refractivity contribution in [1.82, 2.24) is 0 Å². The average Bonchev–Trinajstić information content (AvgIpc) is 2.08. The summed E-state index contributed by atoms with van der Waals surface area (Å²) in [6.45, 7) is 5.09. The van der Waals surface area contributed by atoms with Gasteiger partial charge in [-0.25, -0.2) is 4.57 Å². The summed E-state index contributed by atoms with van der Waals surface area (Å²) < 4.78 is 27.0. The first kappa shape index (κ1) is 9.66. The lowest BCUT2D eigenvalue weighted by atomic mass is 9.80. The minimum absolute atomic E-state index is 0.0132. The number of hydrogen-bond donors (Lipinski definition) is 0. The molecule has 3 rings (SSSR count). The lowest BCUT2D eigenvalue weighted by Crippen LogP contribution is -2.50. The van der Waals surface area contributed by atoms with Crippen LogP contribution >= 0.6 is 7.82 Å². The topological polar surface area (TPSA) is 44.8 Å². The second-order valence-electron chi connectivity index (χ2n) is 3.85. The highest BCUT2D eigenvalue weighted by Gasteiger charge is 2.54. The molecule has 1 unspecified atom stereocenters. The zero-order chi connectivity index (χ0) is 9.53. The molecule has 0 N–H and O–H groups in total. The first-order chi connectivity index (χ1) is 6.10. The van der Waals surface area contributed by atoms with Crippen molar-refractivity contribution in [2.75, 3.05) is 13.2 Å². The van der Waals surface area contributed by atoms with Crippen molar-refractivity contribution in [3.05, 3.63) is 0 Å². The predicted molar refractivity (Wildman–Crippen MR) is 47.4 cm³/mol. The van der Waals surface area contributed by atoms with Gasteiger partial charge in [0.05, 0.1) is 19.3 Å². The van der Waals surface area contributed by atoms with Crippen LogP contribution in [-0.2, 0) is 18.1 Å². The molecular formula is C8H15O4P. The van der Waals surface area contributed by atoms with E-state index in [2.05, 4.69) is 6.92 Å².